The number of carbonyl (C=O) groups excluding carboxylic acids is 2. The average Bonchev–Trinajstić information content (AvgIpc) is 3.26. The lowest BCUT2D eigenvalue weighted by atomic mass is 9.95. The molecule has 0 spiro atoms. The molecule has 212 valence electrons. The highest BCUT2D eigenvalue weighted by atomic mass is 19.4. The van der Waals surface area contributed by atoms with Gasteiger partial charge in [0.05, 0.1) is 17.2 Å². The monoisotopic (exact) mass is 555 g/mol. The largest absolute Gasteiger partial charge is 0.416 e. The summed E-state index contributed by atoms with van der Waals surface area (Å²) in [5, 5.41) is 3.59. The fraction of sp³-hybridized carbons (Fsp3) is 0.429. The molecular formula is C28H31F6N3O2. The lowest BCUT2D eigenvalue weighted by Crippen LogP contribution is -2.42. The van der Waals surface area contributed by atoms with E-state index < -0.39 is 35.3 Å². The molecule has 1 aromatic heterocycles. The molecule has 1 heterocycles. The minimum Gasteiger partial charge on any atom is -0.361 e. The zero-order valence-corrected chi connectivity index (χ0v) is 21.7. The molecule has 39 heavy (non-hydrogen) atoms. The summed E-state index contributed by atoms with van der Waals surface area (Å²) in [7, 11) is 3.83. The summed E-state index contributed by atoms with van der Waals surface area (Å²) in [6, 6.07) is 7.69. The Morgan fingerprint density at radius 3 is 2.18 bits per heavy atom. The SMILES string of the molecule is CN(C)CCCCC(=O)N[C@@H](Cc1c[nH]c2ccccc12)C(=O)CCc1cc(C(F)(F)F)cc(C(F)(F)F)c1. The van der Waals surface area contributed by atoms with E-state index >= 15 is 0 Å². The van der Waals surface area contributed by atoms with Gasteiger partial charge in [0.25, 0.3) is 0 Å². The van der Waals surface area contributed by atoms with Crippen molar-refractivity contribution in [3.8, 4) is 0 Å². The molecule has 3 aromatic rings. The highest BCUT2D eigenvalue weighted by Crippen LogP contribution is 2.36. The number of nitrogens with zero attached hydrogens (tertiary/aromatic N) is 1. The normalized spacial score (nSPS) is 13.2. The van der Waals surface area contributed by atoms with E-state index in [0.29, 0.717) is 18.6 Å². The van der Waals surface area contributed by atoms with E-state index in [9.17, 15) is 35.9 Å². The molecule has 0 saturated heterocycles. The molecule has 0 fully saturated rings. The Morgan fingerprint density at radius 1 is 0.923 bits per heavy atom. The number of alkyl halides is 6. The van der Waals surface area contributed by atoms with Crippen LogP contribution in [0.15, 0.2) is 48.7 Å². The fourth-order valence-electron chi connectivity index (χ4n) is 4.35. The van der Waals surface area contributed by atoms with Gasteiger partial charge in [-0.3, -0.25) is 9.59 Å². The zero-order valence-electron chi connectivity index (χ0n) is 21.7. The number of aryl methyl sites for hydroxylation is 1. The summed E-state index contributed by atoms with van der Waals surface area (Å²) in [5.41, 5.74) is -1.53. The minimum absolute atomic E-state index is 0.0572. The first-order chi connectivity index (χ1) is 18.2. The first-order valence-electron chi connectivity index (χ1n) is 12.5. The van der Waals surface area contributed by atoms with Gasteiger partial charge in [-0.25, -0.2) is 0 Å². The predicted molar refractivity (Wildman–Crippen MR) is 136 cm³/mol. The number of fused-ring (bicyclic) bond motifs is 1. The van der Waals surface area contributed by atoms with Crippen molar-refractivity contribution in [1.82, 2.24) is 15.2 Å². The summed E-state index contributed by atoms with van der Waals surface area (Å²) in [5.74, 6) is -0.821. The molecule has 11 heteroatoms. The third-order valence-electron chi connectivity index (χ3n) is 6.39. The van der Waals surface area contributed by atoms with Crippen molar-refractivity contribution in [2.45, 2.75) is 56.9 Å². The van der Waals surface area contributed by atoms with Crippen LogP contribution < -0.4 is 5.32 Å². The van der Waals surface area contributed by atoms with Gasteiger partial charge in [0, 0.05) is 36.4 Å². The molecule has 2 N–H and O–H groups in total. The van der Waals surface area contributed by atoms with Crippen LogP contribution in [-0.4, -0.2) is 48.3 Å². The number of para-hydroxylation sites is 1. The number of ketones is 1. The predicted octanol–water partition coefficient (Wildman–Crippen LogP) is 6.17. The molecule has 0 saturated carbocycles. The molecule has 0 unspecified atom stereocenters. The van der Waals surface area contributed by atoms with Crippen LogP contribution >= 0.6 is 0 Å². The summed E-state index contributed by atoms with van der Waals surface area (Å²) >= 11 is 0. The van der Waals surface area contributed by atoms with E-state index in [1.807, 2.05) is 43.3 Å². The van der Waals surface area contributed by atoms with E-state index in [4.69, 9.17) is 0 Å². The Hall–Kier alpha value is -3.34. The number of benzene rings is 2. The van der Waals surface area contributed by atoms with Gasteiger partial charge in [-0.15, -0.1) is 0 Å². The summed E-state index contributed by atoms with van der Waals surface area (Å²) in [6.45, 7) is 0.794. The first kappa shape index (κ1) is 30.2. The average molecular weight is 556 g/mol. The van der Waals surface area contributed by atoms with Crippen LogP contribution in [0.2, 0.25) is 0 Å². The van der Waals surface area contributed by atoms with Gasteiger partial charge >= 0.3 is 12.4 Å². The van der Waals surface area contributed by atoms with E-state index in [2.05, 4.69) is 10.3 Å². The molecule has 5 nitrogen and oxygen atoms in total. The third kappa shape index (κ3) is 8.84. The minimum atomic E-state index is -4.97. The highest BCUT2D eigenvalue weighted by molar-refractivity contribution is 5.91. The fourth-order valence-corrected chi connectivity index (χ4v) is 4.35. The van der Waals surface area contributed by atoms with Crippen molar-refractivity contribution in [2.75, 3.05) is 20.6 Å². The maximum Gasteiger partial charge on any atom is 0.416 e. The number of hydrogen-bond donors (Lipinski definition) is 2. The molecule has 0 bridgehead atoms. The quantitative estimate of drug-likeness (QED) is 0.208. The second-order valence-corrected chi connectivity index (χ2v) is 9.82. The number of nitrogens with one attached hydrogen (secondary N) is 2. The van der Waals surface area contributed by atoms with E-state index in [1.165, 1.54) is 0 Å². The Morgan fingerprint density at radius 2 is 1.56 bits per heavy atom. The van der Waals surface area contributed by atoms with Crippen LogP contribution in [0.1, 0.15) is 47.9 Å². The van der Waals surface area contributed by atoms with Crippen molar-refractivity contribution in [3.05, 3.63) is 70.9 Å². The Kier molecular flexibility index (Phi) is 9.82. The number of unbranched alkanes of at least 4 members (excludes halogenated alkanes) is 1. The van der Waals surface area contributed by atoms with Crippen LogP contribution in [0, 0.1) is 0 Å². The number of amides is 1. The van der Waals surface area contributed by atoms with Gasteiger partial charge in [-0.05, 0) is 75.3 Å². The molecule has 0 aliphatic rings. The Bertz CT molecular complexity index is 1250. The smallest absolute Gasteiger partial charge is 0.361 e. The van der Waals surface area contributed by atoms with Crippen LogP contribution in [0.3, 0.4) is 0 Å². The number of H-pyrrole nitrogens is 1. The number of Topliss-reactive ketones (excluding diaryl/α,β-unsaturated/α-hetero) is 1. The second-order valence-electron chi connectivity index (χ2n) is 9.82. The van der Waals surface area contributed by atoms with Crippen molar-refractivity contribution in [1.29, 1.82) is 0 Å². The van der Waals surface area contributed by atoms with Crippen LogP contribution in [-0.2, 0) is 34.8 Å². The first-order valence-corrected chi connectivity index (χ1v) is 12.5. The molecule has 1 amide bonds. The molecule has 2 aromatic carbocycles. The Labute approximate surface area is 222 Å². The standard InChI is InChI=1S/C28H31F6N3O2/c1-37(2)12-6-5-9-26(39)36-24(15-19-17-35-23-8-4-3-7-22(19)23)25(38)11-10-18-13-20(27(29,30)31)16-21(14-18)28(32,33)34/h3-4,7-8,13-14,16-17,24,35H,5-6,9-12,15H2,1-2H3,(H,36,39)/t24-/m0/s1. The van der Waals surface area contributed by atoms with E-state index in [-0.39, 0.29) is 43.2 Å². The number of halogens is 6. The highest BCUT2D eigenvalue weighted by Gasteiger charge is 2.37. The van der Waals surface area contributed by atoms with Crippen LogP contribution in [0.5, 0.6) is 0 Å². The van der Waals surface area contributed by atoms with Crippen LogP contribution in [0.25, 0.3) is 10.9 Å². The Balaban J connectivity index is 1.78. The maximum absolute atomic E-state index is 13.2. The summed E-state index contributed by atoms with van der Waals surface area (Å²) in [4.78, 5) is 30.9. The lowest BCUT2D eigenvalue weighted by Gasteiger charge is -2.19. The third-order valence-corrected chi connectivity index (χ3v) is 6.39. The number of aromatic nitrogens is 1. The molecule has 3 rings (SSSR count). The van der Waals surface area contributed by atoms with Crippen molar-refractivity contribution >= 4 is 22.6 Å². The van der Waals surface area contributed by atoms with Gasteiger partial charge < -0.3 is 15.2 Å². The summed E-state index contributed by atoms with van der Waals surface area (Å²) in [6.07, 6.45) is -7.22. The van der Waals surface area contributed by atoms with Gasteiger partial charge in [0.1, 0.15) is 0 Å². The topological polar surface area (TPSA) is 65.2 Å². The second kappa shape index (κ2) is 12.7. The molecule has 1 atom stereocenters. The van der Waals surface area contributed by atoms with Gasteiger partial charge in [0.2, 0.25) is 5.91 Å². The number of carbonyl (C=O) groups is 2. The molecule has 0 radical (unpaired) electrons. The number of aromatic amines is 1. The molecular weight excluding hydrogens is 524 g/mol. The molecule has 0 aliphatic carbocycles. The van der Waals surface area contributed by atoms with Crippen molar-refractivity contribution in [2.24, 2.45) is 0 Å². The van der Waals surface area contributed by atoms with Gasteiger partial charge in [0.15, 0.2) is 5.78 Å². The van der Waals surface area contributed by atoms with Crippen molar-refractivity contribution < 1.29 is 35.9 Å². The lowest BCUT2D eigenvalue weighted by molar-refractivity contribution is -0.143. The van der Waals surface area contributed by atoms with E-state index in [0.717, 1.165) is 29.4 Å². The van der Waals surface area contributed by atoms with Crippen LogP contribution in [0.4, 0.5) is 26.3 Å². The van der Waals surface area contributed by atoms with Crippen molar-refractivity contribution in [3.63, 3.8) is 0 Å². The number of hydrogen-bond acceptors (Lipinski definition) is 3. The van der Waals surface area contributed by atoms with Gasteiger partial charge in [-0.1, -0.05) is 18.2 Å². The molecule has 0 aliphatic heterocycles. The maximum atomic E-state index is 13.2. The van der Waals surface area contributed by atoms with Gasteiger partial charge in [-0.2, -0.15) is 26.3 Å². The van der Waals surface area contributed by atoms with E-state index in [1.54, 1.807) is 6.20 Å². The zero-order chi connectivity index (χ0) is 28.8. The summed E-state index contributed by atoms with van der Waals surface area (Å²) < 4.78 is 79.4. The number of rotatable bonds is 12.